The number of aromatic nitrogens is 2. The Morgan fingerprint density at radius 1 is 0.962 bits per heavy atom. The van der Waals surface area contributed by atoms with Gasteiger partial charge in [0.2, 0.25) is 0 Å². The van der Waals surface area contributed by atoms with Crippen LogP contribution in [0.25, 0.3) is 0 Å². The van der Waals surface area contributed by atoms with Gasteiger partial charge in [-0.05, 0) is 37.1 Å². The number of nitrogens with zero attached hydrogens (tertiary/aromatic N) is 2. The van der Waals surface area contributed by atoms with Crippen LogP contribution in [0.1, 0.15) is 42.8 Å². The molecule has 26 heavy (non-hydrogen) atoms. The minimum atomic E-state index is -4.53. The van der Waals surface area contributed by atoms with Crippen molar-refractivity contribution in [1.82, 2.24) is 20.6 Å². The van der Waals surface area contributed by atoms with Crippen LogP contribution < -0.4 is 10.6 Å². The summed E-state index contributed by atoms with van der Waals surface area (Å²) in [7, 11) is 0. The van der Waals surface area contributed by atoms with Crippen molar-refractivity contribution in [2.24, 2.45) is 0 Å². The average Bonchev–Trinajstić information content (AvgIpc) is 2.61. The van der Waals surface area contributed by atoms with Crippen molar-refractivity contribution >= 4 is 11.8 Å². The summed E-state index contributed by atoms with van der Waals surface area (Å²) in [6.07, 6.45) is -0.360. The molecule has 0 saturated heterocycles. The molecular formula is C17H17F3N4O2. The Hall–Kier alpha value is -2.97. The SMILES string of the molecule is CC(NC(=O)C(=O)N[C@@H](C)c1ccc(C(F)(F)F)nc1)c1cccnc1. The van der Waals surface area contributed by atoms with Crippen molar-refractivity contribution in [2.45, 2.75) is 32.1 Å². The van der Waals surface area contributed by atoms with Gasteiger partial charge in [-0.3, -0.25) is 19.6 Å². The van der Waals surface area contributed by atoms with Gasteiger partial charge in [-0.1, -0.05) is 12.1 Å². The second-order valence-electron chi connectivity index (χ2n) is 5.65. The van der Waals surface area contributed by atoms with Gasteiger partial charge in [0.25, 0.3) is 0 Å². The number of amides is 2. The number of carbonyl (C=O) groups excluding carboxylic acids is 2. The van der Waals surface area contributed by atoms with E-state index in [1.807, 2.05) is 0 Å². The molecule has 2 rings (SSSR count). The molecule has 9 heteroatoms. The van der Waals surface area contributed by atoms with Crippen LogP contribution in [0.2, 0.25) is 0 Å². The quantitative estimate of drug-likeness (QED) is 0.815. The maximum atomic E-state index is 12.5. The number of nitrogens with one attached hydrogen (secondary N) is 2. The van der Waals surface area contributed by atoms with Crippen molar-refractivity contribution in [3.8, 4) is 0 Å². The van der Waals surface area contributed by atoms with Gasteiger partial charge in [0.1, 0.15) is 5.69 Å². The third kappa shape index (κ3) is 5.01. The molecule has 0 radical (unpaired) electrons. The molecule has 2 N–H and O–H groups in total. The molecule has 0 saturated carbocycles. The van der Waals surface area contributed by atoms with Gasteiger partial charge in [-0.2, -0.15) is 13.2 Å². The lowest BCUT2D eigenvalue weighted by molar-refractivity contribution is -0.141. The molecule has 2 aromatic heterocycles. The largest absolute Gasteiger partial charge is 0.433 e. The van der Waals surface area contributed by atoms with Crippen molar-refractivity contribution in [3.63, 3.8) is 0 Å². The second kappa shape index (κ2) is 7.94. The molecule has 138 valence electrons. The molecule has 1 unspecified atom stereocenters. The Bertz CT molecular complexity index is 764. The molecule has 0 fully saturated rings. The summed E-state index contributed by atoms with van der Waals surface area (Å²) < 4.78 is 37.5. The Labute approximate surface area is 147 Å². The van der Waals surface area contributed by atoms with Gasteiger partial charge in [-0.15, -0.1) is 0 Å². The van der Waals surface area contributed by atoms with Crippen molar-refractivity contribution in [3.05, 3.63) is 59.7 Å². The number of hydrogen-bond donors (Lipinski definition) is 2. The van der Waals surface area contributed by atoms with E-state index in [-0.39, 0.29) is 0 Å². The fourth-order valence-electron chi connectivity index (χ4n) is 2.15. The van der Waals surface area contributed by atoms with E-state index in [1.54, 1.807) is 38.4 Å². The standard InChI is InChI=1S/C17H17F3N4O2/c1-10(12-4-3-7-21-8-12)23-15(25)16(26)24-11(2)13-5-6-14(22-9-13)17(18,19)20/h3-11H,1-2H3,(H,23,25)(H,24,26)/t10?,11-/m0/s1. The van der Waals surface area contributed by atoms with E-state index in [1.165, 1.54) is 6.07 Å². The van der Waals surface area contributed by atoms with E-state index in [0.29, 0.717) is 5.56 Å². The third-order valence-electron chi connectivity index (χ3n) is 3.66. The Morgan fingerprint density at radius 3 is 1.96 bits per heavy atom. The van der Waals surface area contributed by atoms with Crippen molar-refractivity contribution in [2.75, 3.05) is 0 Å². The smallest absolute Gasteiger partial charge is 0.341 e. The zero-order chi connectivity index (χ0) is 19.3. The number of hydrogen-bond acceptors (Lipinski definition) is 4. The van der Waals surface area contributed by atoms with Crippen LogP contribution in [-0.4, -0.2) is 21.8 Å². The predicted molar refractivity (Wildman–Crippen MR) is 86.6 cm³/mol. The van der Waals surface area contributed by atoms with Crippen molar-refractivity contribution in [1.29, 1.82) is 0 Å². The summed E-state index contributed by atoms with van der Waals surface area (Å²) >= 11 is 0. The Kier molecular flexibility index (Phi) is 5.91. The summed E-state index contributed by atoms with van der Waals surface area (Å²) in [5.74, 6) is -1.75. The molecule has 0 bridgehead atoms. The Balaban J connectivity index is 1.94. The summed E-state index contributed by atoms with van der Waals surface area (Å²) in [4.78, 5) is 31.2. The lowest BCUT2D eigenvalue weighted by atomic mass is 10.1. The van der Waals surface area contributed by atoms with Gasteiger partial charge in [0.15, 0.2) is 0 Å². The lowest BCUT2D eigenvalue weighted by Gasteiger charge is -2.17. The summed E-state index contributed by atoms with van der Waals surface area (Å²) in [6, 6.07) is 4.38. The first-order chi connectivity index (χ1) is 12.2. The molecule has 6 nitrogen and oxygen atoms in total. The van der Waals surface area contributed by atoms with Crippen LogP contribution in [0.5, 0.6) is 0 Å². The minimum Gasteiger partial charge on any atom is -0.341 e. The van der Waals surface area contributed by atoms with Gasteiger partial charge in [-0.25, -0.2) is 0 Å². The molecule has 2 aromatic rings. The summed E-state index contributed by atoms with van der Waals surface area (Å²) in [6.45, 7) is 3.24. The normalized spacial score (nSPS) is 13.6. The highest BCUT2D eigenvalue weighted by molar-refractivity contribution is 6.35. The first-order valence-electron chi connectivity index (χ1n) is 7.73. The minimum absolute atomic E-state index is 0.347. The number of halogens is 3. The predicted octanol–water partition coefficient (Wildman–Crippen LogP) is 2.55. The fourth-order valence-corrected chi connectivity index (χ4v) is 2.15. The lowest BCUT2D eigenvalue weighted by Crippen LogP contribution is -2.41. The van der Waals surface area contributed by atoms with E-state index in [4.69, 9.17) is 0 Å². The zero-order valence-electron chi connectivity index (χ0n) is 14.0. The molecule has 0 aromatic carbocycles. The molecule has 2 heterocycles. The number of carbonyl (C=O) groups is 2. The molecule has 2 amide bonds. The summed E-state index contributed by atoms with van der Waals surface area (Å²) in [5, 5.41) is 4.95. The number of pyridine rings is 2. The van der Waals surface area contributed by atoms with Crippen molar-refractivity contribution < 1.29 is 22.8 Å². The molecule has 0 aliphatic carbocycles. The van der Waals surface area contributed by atoms with Gasteiger partial charge < -0.3 is 10.6 Å². The van der Waals surface area contributed by atoms with Crippen LogP contribution in [-0.2, 0) is 15.8 Å². The highest BCUT2D eigenvalue weighted by atomic mass is 19.4. The molecule has 2 atom stereocenters. The van der Waals surface area contributed by atoms with Crippen LogP contribution in [0, 0.1) is 0 Å². The van der Waals surface area contributed by atoms with E-state index < -0.39 is 35.8 Å². The third-order valence-corrected chi connectivity index (χ3v) is 3.66. The molecule has 0 aliphatic rings. The van der Waals surface area contributed by atoms with Crippen LogP contribution >= 0.6 is 0 Å². The highest BCUT2D eigenvalue weighted by Gasteiger charge is 2.32. The molecule has 0 aliphatic heterocycles. The van der Waals surface area contributed by atoms with Gasteiger partial charge in [0.05, 0.1) is 12.1 Å². The summed E-state index contributed by atoms with van der Waals surface area (Å²) in [5.41, 5.74) is 0.0518. The topological polar surface area (TPSA) is 84.0 Å². The van der Waals surface area contributed by atoms with E-state index in [0.717, 1.165) is 17.8 Å². The van der Waals surface area contributed by atoms with Crippen LogP contribution in [0.3, 0.4) is 0 Å². The fraction of sp³-hybridized carbons (Fsp3) is 0.294. The monoisotopic (exact) mass is 366 g/mol. The number of alkyl halides is 3. The maximum absolute atomic E-state index is 12.5. The highest BCUT2D eigenvalue weighted by Crippen LogP contribution is 2.27. The maximum Gasteiger partial charge on any atom is 0.433 e. The zero-order valence-corrected chi connectivity index (χ0v) is 14.0. The van der Waals surface area contributed by atoms with Gasteiger partial charge in [0, 0.05) is 18.6 Å². The Morgan fingerprint density at radius 2 is 1.54 bits per heavy atom. The first kappa shape index (κ1) is 19.4. The second-order valence-corrected chi connectivity index (χ2v) is 5.65. The van der Waals surface area contributed by atoms with Gasteiger partial charge >= 0.3 is 18.0 Å². The van der Waals surface area contributed by atoms with E-state index >= 15 is 0 Å². The average molecular weight is 366 g/mol. The van der Waals surface area contributed by atoms with E-state index in [9.17, 15) is 22.8 Å². The van der Waals surface area contributed by atoms with E-state index in [2.05, 4.69) is 20.6 Å². The van der Waals surface area contributed by atoms with Crippen LogP contribution in [0.4, 0.5) is 13.2 Å². The molecule has 0 spiro atoms. The van der Waals surface area contributed by atoms with Crippen LogP contribution in [0.15, 0.2) is 42.9 Å². The first-order valence-corrected chi connectivity index (χ1v) is 7.73. The molecular weight excluding hydrogens is 349 g/mol. The number of rotatable bonds is 4.